The van der Waals surface area contributed by atoms with E-state index >= 15 is 0 Å². The molecule has 0 unspecified atom stereocenters. The number of allylic oxidation sites excluding steroid dienone is 1. The fourth-order valence-electron chi connectivity index (χ4n) is 3.25. The van der Waals surface area contributed by atoms with Crippen molar-refractivity contribution in [2.45, 2.75) is 33.4 Å². The van der Waals surface area contributed by atoms with Gasteiger partial charge in [-0.3, -0.25) is 0 Å². The maximum atomic E-state index is 12.2. The number of nitrogens with zero attached hydrogens (tertiary/aromatic N) is 1. The lowest BCUT2D eigenvalue weighted by molar-refractivity contribution is 0.235. The van der Waals surface area contributed by atoms with Crippen LogP contribution in [-0.4, -0.2) is 13.1 Å². The van der Waals surface area contributed by atoms with Crippen LogP contribution in [0.5, 0.6) is 11.5 Å². The van der Waals surface area contributed by atoms with E-state index < -0.39 is 6.04 Å². The number of hydrogen-bond donors (Lipinski definition) is 2. The van der Waals surface area contributed by atoms with Gasteiger partial charge in [-0.2, -0.15) is 5.26 Å². The number of nitriles is 1. The van der Waals surface area contributed by atoms with Gasteiger partial charge in [0, 0.05) is 16.1 Å². The summed E-state index contributed by atoms with van der Waals surface area (Å²) in [5.41, 5.74) is 2.41. The Hall–Kier alpha value is -3.17. The molecular formula is C23H24ClN3O3. The molecule has 3 rings (SSSR count). The van der Waals surface area contributed by atoms with E-state index in [1.54, 1.807) is 19.2 Å². The number of benzene rings is 2. The molecule has 0 radical (unpaired) electrons. The third-order valence-electron chi connectivity index (χ3n) is 4.77. The summed E-state index contributed by atoms with van der Waals surface area (Å²) in [5.74, 6) is 1.08. The molecule has 2 aromatic carbocycles. The maximum Gasteiger partial charge on any atom is 0.319 e. The Kier molecular flexibility index (Phi) is 6.23. The Labute approximate surface area is 181 Å². The summed E-state index contributed by atoms with van der Waals surface area (Å²) >= 11 is 5.92. The minimum absolute atomic E-state index is 0.342. The summed E-state index contributed by atoms with van der Waals surface area (Å²) in [6.07, 6.45) is 0. The minimum Gasteiger partial charge on any atom is -0.493 e. The van der Waals surface area contributed by atoms with Gasteiger partial charge in [0.15, 0.2) is 11.5 Å². The zero-order valence-corrected chi connectivity index (χ0v) is 18.1. The lowest BCUT2D eigenvalue weighted by Crippen LogP contribution is -2.46. The molecule has 0 aliphatic carbocycles. The number of rotatable bonds is 5. The molecular weight excluding hydrogens is 402 g/mol. The molecule has 2 amide bonds. The van der Waals surface area contributed by atoms with Crippen LogP contribution in [0.25, 0.3) is 0 Å². The van der Waals surface area contributed by atoms with Crippen molar-refractivity contribution in [1.82, 2.24) is 10.6 Å². The normalized spacial score (nSPS) is 16.4. The molecule has 1 aliphatic rings. The summed E-state index contributed by atoms with van der Waals surface area (Å²) < 4.78 is 11.4. The van der Waals surface area contributed by atoms with Gasteiger partial charge in [-0.15, -0.1) is 0 Å². The van der Waals surface area contributed by atoms with Gasteiger partial charge in [0.1, 0.15) is 6.61 Å². The highest BCUT2D eigenvalue weighted by Crippen LogP contribution is 2.37. The van der Waals surface area contributed by atoms with E-state index in [2.05, 4.69) is 16.7 Å². The Balaban J connectivity index is 1.90. The lowest BCUT2D eigenvalue weighted by atomic mass is 9.84. The van der Waals surface area contributed by atoms with Crippen molar-refractivity contribution in [3.8, 4) is 17.6 Å². The van der Waals surface area contributed by atoms with Gasteiger partial charge in [0.05, 0.1) is 24.8 Å². The minimum atomic E-state index is -0.572. The van der Waals surface area contributed by atoms with E-state index in [0.29, 0.717) is 34.4 Å². The third-order valence-corrected chi connectivity index (χ3v) is 5.02. The predicted molar refractivity (Wildman–Crippen MR) is 115 cm³/mol. The van der Waals surface area contributed by atoms with E-state index in [4.69, 9.17) is 21.1 Å². The van der Waals surface area contributed by atoms with E-state index in [1.165, 1.54) is 0 Å². The molecule has 0 spiro atoms. The summed E-state index contributed by atoms with van der Waals surface area (Å²) in [6, 6.07) is 14.1. The second kappa shape index (κ2) is 8.68. The van der Waals surface area contributed by atoms with E-state index in [-0.39, 0.29) is 11.4 Å². The van der Waals surface area contributed by atoms with Gasteiger partial charge in [0.25, 0.3) is 0 Å². The molecule has 2 N–H and O–H groups in total. The van der Waals surface area contributed by atoms with Crippen molar-refractivity contribution in [2.75, 3.05) is 7.11 Å². The summed E-state index contributed by atoms with van der Waals surface area (Å²) in [5, 5.41) is 16.1. The molecule has 0 saturated heterocycles. The van der Waals surface area contributed by atoms with Gasteiger partial charge >= 0.3 is 6.03 Å². The first-order valence-corrected chi connectivity index (χ1v) is 9.88. The van der Waals surface area contributed by atoms with Crippen LogP contribution in [0.2, 0.25) is 5.02 Å². The van der Waals surface area contributed by atoms with Gasteiger partial charge in [-0.1, -0.05) is 50.6 Å². The summed E-state index contributed by atoms with van der Waals surface area (Å²) in [6.45, 7) is 6.22. The molecule has 0 fully saturated rings. The summed E-state index contributed by atoms with van der Waals surface area (Å²) in [4.78, 5) is 12.2. The molecule has 0 aromatic heterocycles. The van der Waals surface area contributed by atoms with E-state index in [1.807, 2.05) is 51.1 Å². The van der Waals surface area contributed by atoms with Crippen molar-refractivity contribution >= 4 is 17.6 Å². The molecule has 1 atom stereocenters. The van der Waals surface area contributed by atoms with Crippen LogP contribution in [0, 0.1) is 16.7 Å². The quantitative estimate of drug-likeness (QED) is 0.697. The first kappa shape index (κ1) is 21.5. The Morgan fingerprint density at radius 3 is 2.43 bits per heavy atom. The lowest BCUT2D eigenvalue weighted by Gasteiger charge is -2.33. The number of halogens is 1. The highest BCUT2D eigenvalue weighted by Gasteiger charge is 2.34. The number of urea groups is 1. The number of ether oxygens (including phenoxy) is 2. The van der Waals surface area contributed by atoms with Gasteiger partial charge in [-0.25, -0.2) is 4.79 Å². The number of methoxy groups -OCH3 is 1. The van der Waals surface area contributed by atoms with Crippen LogP contribution >= 0.6 is 11.6 Å². The van der Waals surface area contributed by atoms with E-state index in [0.717, 1.165) is 11.1 Å². The highest BCUT2D eigenvalue weighted by molar-refractivity contribution is 6.30. The van der Waals surface area contributed by atoms with Crippen LogP contribution in [0.15, 0.2) is 53.7 Å². The van der Waals surface area contributed by atoms with Crippen molar-refractivity contribution in [3.63, 3.8) is 0 Å². The zero-order chi connectivity index (χ0) is 21.9. The second-order valence-electron chi connectivity index (χ2n) is 8.01. The average Bonchev–Trinajstić information content (AvgIpc) is 2.72. The first-order chi connectivity index (χ1) is 14.2. The molecule has 0 bridgehead atoms. The van der Waals surface area contributed by atoms with Crippen LogP contribution in [0.1, 0.15) is 37.9 Å². The van der Waals surface area contributed by atoms with Crippen LogP contribution in [-0.2, 0) is 6.61 Å². The molecule has 156 valence electrons. The Bertz CT molecular complexity index is 1020. The topological polar surface area (TPSA) is 83.4 Å². The molecule has 1 heterocycles. The Morgan fingerprint density at radius 1 is 1.13 bits per heavy atom. The van der Waals surface area contributed by atoms with Crippen molar-refractivity contribution in [3.05, 3.63) is 69.9 Å². The zero-order valence-electron chi connectivity index (χ0n) is 17.4. The fraction of sp³-hybridized carbons (Fsp3) is 0.304. The van der Waals surface area contributed by atoms with Crippen molar-refractivity contribution in [2.24, 2.45) is 5.41 Å². The maximum absolute atomic E-state index is 12.2. The summed E-state index contributed by atoms with van der Waals surface area (Å²) in [7, 11) is 1.55. The smallest absolute Gasteiger partial charge is 0.319 e. The largest absolute Gasteiger partial charge is 0.493 e. The fourth-order valence-corrected chi connectivity index (χ4v) is 3.38. The van der Waals surface area contributed by atoms with Crippen LogP contribution in [0.3, 0.4) is 0 Å². The van der Waals surface area contributed by atoms with Gasteiger partial charge in [-0.05, 0) is 35.4 Å². The first-order valence-electron chi connectivity index (χ1n) is 9.50. The standard InChI is InChI=1S/C23H24ClN3O3/c1-23(2,3)21-17(12-25)20(26-22(28)27-21)15-7-10-18(19(11-15)29-4)30-13-14-5-8-16(24)9-6-14/h5-11,20H,13H2,1-4H3,(H2,26,27,28)/t20-/m1/s1. The molecule has 7 heteroatoms. The number of nitrogens with one attached hydrogen (secondary N) is 2. The third kappa shape index (κ3) is 4.69. The molecule has 6 nitrogen and oxygen atoms in total. The van der Waals surface area contributed by atoms with Crippen LogP contribution in [0.4, 0.5) is 4.79 Å². The Morgan fingerprint density at radius 2 is 1.83 bits per heavy atom. The number of carbonyl (C=O) groups is 1. The second-order valence-corrected chi connectivity index (χ2v) is 8.44. The molecule has 1 aliphatic heterocycles. The molecule has 30 heavy (non-hydrogen) atoms. The SMILES string of the molecule is COc1cc([C@H]2NC(=O)NC(C(C)(C)C)=C2C#N)ccc1OCc1ccc(Cl)cc1. The number of hydrogen-bond acceptors (Lipinski definition) is 4. The monoisotopic (exact) mass is 425 g/mol. The van der Waals surface area contributed by atoms with E-state index in [9.17, 15) is 10.1 Å². The highest BCUT2D eigenvalue weighted by atomic mass is 35.5. The number of carbonyl (C=O) groups excluding carboxylic acids is 1. The van der Waals surface area contributed by atoms with Crippen LogP contribution < -0.4 is 20.1 Å². The average molecular weight is 426 g/mol. The predicted octanol–water partition coefficient (Wildman–Crippen LogP) is 5.11. The van der Waals surface area contributed by atoms with Crippen molar-refractivity contribution < 1.29 is 14.3 Å². The molecule has 2 aromatic rings. The number of amides is 2. The molecule has 0 saturated carbocycles. The van der Waals surface area contributed by atoms with Gasteiger partial charge in [0.2, 0.25) is 0 Å². The van der Waals surface area contributed by atoms with Crippen molar-refractivity contribution in [1.29, 1.82) is 5.26 Å². The van der Waals surface area contributed by atoms with Gasteiger partial charge < -0.3 is 20.1 Å².